The molecule has 0 atom stereocenters. The summed E-state index contributed by atoms with van der Waals surface area (Å²) < 4.78 is 15.2. The SMILES string of the molecule is C=CCN1C(=O)NC(=O)/C(=C/c2cn(Cc3ccc(F)cc3)c3ccccc23)C1=O. The third kappa shape index (κ3) is 3.53. The number of benzene rings is 2. The van der Waals surface area contributed by atoms with E-state index in [9.17, 15) is 18.8 Å². The zero-order valence-corrected chi connectivity index (χ0v) is 16.0. The number of barbiturate groups is 1. The minimum Gasteiger partial charge on any atom is -0.342 e. The number of carbonyl (C=O) groups excluding carboxylic acids is 3. The van der Waals surface area contributed by atoms with Crippen molar-refractivity contribution in [2.24, 2.45) is 0 Å². The summed E-state index contributed by atoms with van der Waals surface area (Å²) in [6.07, 6.45) is 4.74. The highest BCUT2D eigenvalue weighted by Gasteiger charge is 2.35. The molecular formula is C23H18FN3O3. The van der Waals surface area contributed by atoms with Crippen LogP contribution in [0.5, 0.6) is 0 Å². The number of para-hydroxylation sites is 1. The van der Waals surface area contributed by atoms with Gasteiger partial charge in [0.15, 0.2) is 0 Å². The Hall–Kier alpha value is -4.00. The van der Waals surface area contributed by atoms with Crippen LogP contribution in [-0.2, 0) is 16.1 Å². The number of nitrogens with zero attached hydrogens (tertiary/aromatic N) is 2. The second-order valence-electron chi connectivity index (χ2n) is 6.88. The number of hydrogen-bond donors (Lipinski definition) is 1. The van der Waals surface area contributed by atoms with Crippen LogP contribution in [0.1, 0.15) is 11.1 Å². The molecule has 1 aliphatic rings. The predicted octanol–water partition coefficient (Wildman–Crippen LogP) is 3.48. The van der Waals surface area contributed by atoms with Gasteiger partial charge < -0.3 is 4.57 Å². The van der Waals surface area contributed by atoms with Crippen molar-refractivity contribution < 1.29 is 18.8 Å². The van der Waals surface area contributed by atoms with Gasteiger partial charge in [-0.1, -0.05) is 36.4 Å². The van der Waals surface area contributed by atoms with Gasteiger partial charge in [-0.25, -0.2) is 9.18 Å². The van der Waals surface area contributed by atoms with Crippen LogP contribution in [0.25, 0.3) is 17.0 Å². The van der Waals surface area contributed by atoms with Crippen molar-refractivity contribution in [3.05, 3.63) is 89.9 Å². The largest absolute Gasteiger partial charge is 0.342 e. The molecule has 1 fully saturated rings. The quantitative estimate of drug-likeness (QED) is 0.403. The number of aromatic nitrogens is 1. The summed E-state index contributed by atoms with van der Waals surface area (Å²) in [5.74, 6) is -1.71. The summed E-state index contributed by atoms with van der Waals surface area (Å²) in [5.41, 5.74) is 2.35. The lowest BCUT2D eigenvalue weighted by Gasteiger charge is -2.25. The van der Waals surface area contributed by atoms with E-state index in [0.717, 1.165) is 21.4 Å². The Balaban J connectivity index is 1.76. The van der Waals surface area contributed by atoms with Crippen LogP contribution in [0.3, 0.4) is 0 Å². The van der Waals surface area contributed by atoms with Gasteiger partial charge in [0.1, 0.15) is 11.4 Å². The second kappa shape index (κ2) is 7.79. The van der Waals surface area contributed by atoms with Crippen molar-refractivity contribution in [2.75, 3.05) is 6.54 Å². The number of hydrogen-bond acceptors (Lipinski definition) is 3. The van der Waals surface area contributed by atoms with Gasteiger partial charge in [-0.2, -0.15) is 0 Å². The third-order valence-electron chi connectivity index (χ3n) is 4.88. The number of imide groups is 2. The number of urea groups is 1. The lowest BCUT2D eigenvalue weighted by molar-refractivity contribution is -0.129. The minimum absolute atomic E-state index is 0.00160. The molecule has 7 heteroatoms. The van der Waals surface area contributed by atoms with E-state index in [0.29, 0.717) is 12.1 Å². The maximum absolute atomic E-state index is 13.2. The fourth-order valence-electron chi connectivity index (χ4n) is 3.45. The smallest absolute Gasteiger partial charge is 0.331 e. The lowest BCUT2D eigenvalue weighted by atomic mass is 10.1. The molecule has 4 rings (SSSR count). The first kappa shape index (κ1) is 19.3. The second-order valence-corrected chi connectivity index (χ2v) is 6.88. The first-order valence-corrected chi connectivity index (χ1v) is 9.30. The van der Waals surface area contributed by atoms with Crippen molar-refractivity contribution in [1.82, 2.24) is 14.8 Å². The van der Waals surface area contributed by atoms with Gasteiger partial charge in [0.25, 0.3) is 11.8 Å². The van der Waals surface area contributed by atoms with Crippen LogP contribution in [0.4, 0.5) is 9.18 Å². The van der Waals surface area contributed by atoms with E-state index in [1.807, 2.05) is 35.0 Å². The molecule has 1 aromatic heterocycles. The number of halogens is 1. The van der Waals surface area contributed by atoms with Crippen LogP contribution in [0.2, 0.25) is 0 Å². The van der Waals surface area contributed by atoms with Crippen molar-refractivity contribution in [3.63, 3.8) is 0 Å². The fraction of sp³-hybridized carbons (Fsp3) is 0.0870. The molecule has 0 unspecified atom stereocenters. The summed E-state index contributed by atoms with van der Waals surface area (Å²) in [4.78, 5) is 37.9. The molecule has 0 radical (unpaired) electrons. The van der Waals surface area contributed by atoms with Crippen molar-refractivity contribution in [3.8, 4) is 0 Å². The van der Waals surface area contributed by atoms with Gasteiger partial charge in [-0.05, 0) is 29.8 Å². The highest BCUT2D eigenvalue weighted by atomic mass is 19.1. The fourth-order valence-corrected chi connectivity index (χ4v) is 3.45. The normalized spacial score (nSPS) is 15.7. The molecule has 2 aromatic carbocycles. The van der Waals surface area contributed by atoms with Crippen molar-refractivity contribution in [2.45, 2.75) is 6.54 Å². The summed E-state index contributed by atoms with van der Waals surface area (Å²) in [5, 5.41) is 3.03. The van der Waals surface area contributed by atoms with Gasteiger partial charge in [-0.3, -0.25) is 19.8 Å². The first-order chi connectivity index (χ1) is 14.5. The van der Waals surface area contributed by atoms with Gasteiger partial charge in [0, 0.05) is 35.8 Å². The van der Waals surface area contributed by atoms with E-state index in [2.05, 4.69) is 11.9 Å². The molecular weight excluding hydrogens is 385 g/mol. The molecule has 1 N–H and O–H groups in total. The standard InChI is InChI=1S/C23H18FN3O3/c1-2-11-27-22(29)19(21(28)25-23(27)30)12-16-14-26(20-6-4-3-5-18(16)20)13-15-7-9-17(24)10-8-15/h2-10,12,14H,1,11,13H2,(H,25,28,30)/b19-12-. The first-order valence-electron chi connectivity index (χ1n) is 9.30. The number of carbonyl (C=O) groups is 3. The summed E-state index contributed by atoms with van der Waals surface area (Å²) in [7, 11) is 0. The molecule has 0 spiro atoms. The average molecular weight is 403 g/mol. The number of amides is 4. The zero-order valence-electron chi connectivity index (χ0n) is 16.0. The number of rotatable bonds is 5. The van der Waals surface area contributed by atoms with Gasteiger partial charge >= 0.3 is 6.03 Å². The van der Waals surface area contributed by atoms with Gasteiger partial charge in [0.05, 0.1) is 0 Å². The van der Waals surface area contributed by atoms with E-state index in [1.54, 1.807) is 12.1 Å². The molecule has 1 aliphatic heterocycles. The van der Waals surface area contributed by atoms with Crippen molar-refractivity contribution in [1.29, 1.82) is 0 Å². The molecule has 150 valence electrons. The van der Waals surface area contributed by atoms with E-state index in [4.69, 9.17) is 0 Å². The summed E-state index contributed by atoms with van der Waals surface area (Å²) in [6, 6.07) is 13.0. The maximum atomic E-state index is 13.2. The molecule has 0 aliphatic carbocycles. The van der Waals surface area contributed by atoms with Crippen LogP contribution in [0.15, 0.2) is 73.0 Å². The van der Waals surface area contributed by atoms with Gasteiger partial charge in [0.2, 0.25) is 0 Å². The Morgan fingerprint density at radius 3 is 2.50 bits per heavy atom. The van der Waals surface area contributed by atoms with Gasteiger partial charge in [-0.15, -0.1) is 6.58 Å². The van der Waals surface area contributed by atoms with E-state index >= 15 is 0 Å². The highest BCUT2D eigenvalue weighted by molar-refractivity contribution is 6.31. The molecule has 1 saturated heterocycles. The molecule has 6 nitrogen and oxygen atoms in total. The number of nitrogens with one attached hydrogen (secondary N) is 1. The van der Waals surface area contributed by atoms with E-state index < -0.39 is 17.8 Å². The Morgan fingerprint density at radius 2 is 1.77 bits per heavy atom. The highest BCUT2D eigenvalue weighted by Crippen LogP contribution is 2.26. The summed E-state index contributed by atoms with van der Waals surface area (Å²) >= 11 is 0. The Kier molecular flexibility index (Phi) is 5.02. The van der Waals surface area contributed by atoms with Crippen LogP contribution < -0.4 is 5.32 Å². The molecule has 4 amide bonds. The topological polar surface area (TPSA) is 71.4 Å². The monoisotopic (exact) mass is 403 g/mol. The Bertz CT molecular complexity index is 1210. The van der Waals surface area contributed by atoms with E-state index in [-0.39, 0.29) is 17.9 Å². The molecule has 30 heavy (non-hydrogen) atoms. The lowest BCUT2D eigenvalue weighted by Crippen LogP contribution is -2.54. The van der Waals surface area contributed by atoms with Crippen LogP contribution in [-0.4, -0.2) is 33.9 Å². The Morgan fingerprint density at radius 1 is 1.03 bits per heavy atom. The van der Waals surface area contributed by atoms with Crippen LogP contribution >= 0.6 is 0 Å². The molecule has 2 heterocycles. The zero-order chi connectivity index (χ0) is 21.3. The molecule has 0 bridgehead atoms. The van der Waals surface area contributed by atoms with Crippen LogP contribution in [0, 0.1) is 5.82 Å². The maximum Gasteiger partial charge on any atom is 0.331 e. The third-order valence-corrected chi connectivity index (χ3v) is 4.88. The summed E-state index contributed by atoms with van der Waals surface area (Å²) in [6.45, 7) is 4.03. The average Bonchev–Trinajstić information content (AvgIpc) is 3.07. The predicted molar refractivity (Wildman–Crippen MR) is 111 cm³/mol. The minimum atomic E-state index is -0.763. The number of fused-ring (bicyclic) bond motifs is 1. The molecule has 3 aromatic rings. The Labute approximate surface area is 171 Å². The van der Waals surface area contributed by atoms with Crippen molar-refractivity contribution >= 4 is 34.8 Å². The molecule has 0 saturated carbocycles. The van der Waals surface area contributed by atoms with E-state index in [1.165, 1.54) is 24.3 Å².